The van der Waals surface area contributed by atoms with Crippen molar-refractivity contribution >= 4 is 17.4 Å². The average molecular weight is 283 g/mol. The van der Waals surface area contributed by atoms with E-state index in [1.807, 2.05) is 19.9 Å². The third-order valence-electron chi connectivity index (χ3n) is 3.91. The van der Waals surface area contributed by atoms with Gasteiger partial charge in [0.15, 0.2) is 0 Å². The molecule has 0 fully saturated rings. The summed E-state index contributed by atoms with van der Waals surface area (Å²) in [5.74, 6) is -1.33. The van der Waals surface area contributed by atoms with Gasteiger partial charge < -0.3 is 4.90 Å². The number of ketones is 1. The Bertz CT molecular complexity index is 750. The zero-order chi connectivity index (χ0) is 15.1. The molecule has 1 heterocycles. The van der Waals surface area contributed by atoms with E-state index in [4.69, 9.17) is 0 Å². The number of carbonyl (C=O) groups is 2. The summed E-state index contributed by atoms with van der Waals surface area (Å²) < 4.78 is 13.0. The number of hydrogen-bond donors (Lipinski definition) is 0. The van der Waals surface area contributed by atoms with Gasteiger partial charge in [-0.05, 0) is 48.7 Å². The van der Waals surface area contributed by atoms with Crippen molar-refractivity contribution in [1.82, 2.24) is 0 Å². The highest BCUT2D eigenvalue weighted by atomic mass is 19.1. The number of carbonyl (C=O) groups excluding carboxylic acids is 2. The minimum Gasteiger partial charge on any atom is -0.300 e. The molecule has 0 radical (unpaired) electrons. The second-order valence-corrected chi connectivity index (χ2v) is 5.25. The Kier molecular flexibility index (Phi) is 3.09. The zero-order valence-electron chi connectivity index (χ0n) is 11.8. The third kappa shape index (κ3) is 2.13. The van der Waals surface area contributed by atoms with Gasteiger partial charge in [0.25, 0.3) is 11.7 Å². The number of hydrogen-bond acceptors (Lipinski definition) is 2. The first kappa shape index (κ1) is 13.5. The molecular formula is C17H14FNO2. The van der Waals surface area contributed by atoms with E-state index in [2.05, 4.69) is 0 Å². The summed E-state index contributed by atoms with van der Waals surface area (Å²) in [5.41, 5.74) is 3.86. The van der Waals surface area contributed by atoms with Crippen LogP contribution in [0.2, 0.25) is 0 Å². The summed E-state index contributed by atoms with van der Waals surface area (Å²) >= 11 is 0. The zero-order valence-corrected chi connectivity index (χ0v) is 11.8. The second kappa shape index (κ2) is 4.81. The Morgan fingerprint density at radius 3 is 2.33 bits per heavy atom. The Morgan fingerprint density at radius 1 is 1.00 bits per heavy atom. The summed E-state index contributed by atoms with van der Waals surface area (Å²) in [6.07, 6.45) is 0. The van der Waals surface area contributed by atoms with Crippen LogP contribution in [0.4, 0.5) is 10.1 Å². The van der Waals surface area contributed by atoms with Crippen molar-refractivity contribution in [2.75, 3.05) is 4.90 Å². The fraction of sp³-hybridized carbons (Fsp3) is 0.176. The lowest BCUT2D eigenvalue weighted by Crippen LogP contribution is -2.29. The molecule has 106 valence electrons. The second-order valence-electron chi connectivity index (χ2n) is 5.25. The molecule has 1 aliphatic rings. The molecular weight excluding hydrogens is 269 g/mol. The third-order valence-corrected chi connectivity index (χ3v) is 3.91. The molecule has 2 aromatic carbocycles. The van der Waals surface area contributed by atoms with Crippen molar-refractivity contribution in [3.8, 4) is 0 Å². The van der Waals surface area contributed by atoms with E-state index in [0.29, 0.717) is 11.3 Å². The number of nitrogens with zero attached hydrogens (tertiary/aromatic N) is 1. The molecule has 0 spiro atoms. The Balaban J connectivity index is 2.04. The number of aryl methyl sites for hydroxylation is 1. The number of Topliss-reactive ketones (excluding diaryl/α,β-unsaturated/α-hetero) is 1. The standard InChI is InChI=1S/C17H14FNO2/c1-10-3-8-14-15(11(10)2)19(17(21)16(14)20)9-12-4-6-13(18)7-5-12/h3-8H,9H2,1-2H3. The van der Waals surface area contributed by atoms with E-state index in [0.717, 1.165) is 16.7 Å². The Morgan fingerprint density at radius 2 is 1.67 bits per heavy atom. The van der Waals surface area contributed by atoms with E-state index in [1.165, 1.54) is 17.0 Å². The average Bonchev–Trinajstić information content (AvgIpc) is 2.71. The van der Waals surface area contributed by atoms with Gasteiger partial charge in [0.1, 0.15) is 5.82 Å². The number of fused-ring (bicyclic) bond motifs is 1. The van der Waals surface area contributed by atoms with Gasteiger partial charge in [0.2, 0.25) is 0 Å². The molecule has 0 N–H and O–H groups in total. The SMILES string of the molecule is Cc1ccc2c(c1C)N(Cc1ccc(F)cc1)C(=O)C2=O. The van der Waals surface area contributed by atoms with Crippen molar-refractivity contribution in [3.05, 3.63) is 64.5 Å². The van der Waals surface area contributed by atoms with Crippen LogP contribution < -0.4 is 4.90 Å². The summed E-state index contributed by atoms with van der Waals surface area (Å²) in [7, 11) is 0. The molecule has 1 aliphatic heterocycles. The van der Waals surface area contributed by atoms with E-state index in [9.17, 15) is 14.0 Å². The van der Waals surface area contributed by atoms with Crippen LogP contribution in [0.3, 0.4) is 0 Å². The van der Waals surface area contributed by atoms with Crippen LogP contribution in [0.1, 0.15) is 27.0 Å². The number of anilines is 1. The molecule has 0 aliphatic carbocycles. The fourth-order valence-corrected chi connectivity index (χ4v) is 2.59. The Hall–Kier alpha value is -2.49. The molecule has 3 nitrogen and oxygen atoms in total. The highest BCUT2D eigenvalue weighted by molar-refractivity contribution is 6.52. The van der Waals surface area contributed by atoms with Crippen molar-refractivity contribution < 1.29 is 14.0 Å². The molecule has 21 heavy (non-hydrogen) atoms. The van der Waals surface area contributed by atoms with Crippen molar-refractivity contribution in [2.24, 2.45) is 0 Å². The van der Waals surface area contributed by atoms with E-state index in [1.54, 1.807) is 18.2 Å². The van der Waals surface area contributed by atoms with Gasteiger partial charge in [-0.2, -0.15) is 0 Å². The van der Waals surface area contributed by atoms with Crippen LogP contribution in [0.25, 0.3) is 0 Å². The van der Waals surface area contributed by atoms with Gasteiger partial charge in [-0.15, -0.1) is 0 Å². The van der Waals surface area contributed by atoms with Gasteiger partial charge in [-0.3, -0.25) is 9.59 Å². The van der Waals surface area contributed by atoms with Crippen LogP contribution in [-0.4, -0.2) is 11.7 Å². The minimum atomic E-state index is -0.525. The smallest absolute Gasteiger partial charge is 0.299 e. The molecule has 1 amide bonds. The van der Waals surface area contributed by atoms with Crippen LogP contribution in [0.5, 0.6) is 0 Å². The van der Waals surface area contributed by atoms with Crippen LogP contribution in [0.15, 0.2) is 36.4 Å². The van der Waals surface area contributed by atoms with Crippen LogP contribution in [-0.2, 0) is 11.3 Å². The minimum absolute atomic E-state index is 0.266. The molecule has 0 unspecified atom stereocenters. The van der Waals surface area contributed by atoms with Crippen LogP contribution in [0, 0.1) is 19.7 Å². The quantitative estimate of drug-likeness (QED) is 0.794. The lowest BCUT2D eigenvalue weighted by Gasteiger charge is -2.19. The lowest BCUT2D eigenvalue weighted by atomic mass is 10.0. The molecule has 3 rings (SSSR count). The van der Waals surface area contributed by atoms with Gasteiger partial charge in [0, 0.05) is 0 Å². The molecule has 0 bridgehead atoms. The first-order valence-corrected chi connectivity index (χ1v) is 6.70. The molecule has 0 aromatic heterocycles. The fourth-order valence-electron chi connectivity index (χ4n) is 2.59. The molecule has 0 atom stereocenters. The summed E-state index contributed by atoms with van der Waals surface area (Å²) in [5, 5.41) is 0. The maximum Gasteiger partial charge on any atom is 0.299 e. The van der Waals surface area contributed by atoms with Crippen LogP contribution >= 0.6 is 0 Å². The normalized spacial score (nSPS) is 13.8. The van der Waals surface area contributed by atoms with E-state index >= 15 is 0 Å². The Labute approximate surface area is 122 Å². The summed E-state index contributed by atoms with van der Waals surface area (Å²) in [4.78, 5) is 25.7. The summed E-state index contributed by atoms with van der Waals surface area (Å²) in [6.45, 7) is 4.11. The van der Waals surface area contributed by atoms with Crippen molar-refractivity contribution in [3.63, 3.8) is 0 Å². The maximum atomic E-state index is 13.0. The maximum absolute atomic E-state index is 13.0. The number of rotatable bonds is 2. The predicted molar refractivity (Wildman–Crippen MR) is 77.8 cm³/mol. The molecule has 0 saturated heterocycles. The van der Waals surface area contributed by atoms with E-state index in [-0.39, 0.29) is 12.4 Å². The molecule has 2 aromatic rings. The first-order valence-electron chi connectivity index (χ1n) is 6.70. The largest absolute Gasteiger partial charge is 0.300 e. The van der Waals surface area contributed by atoms with E-state index < -0.39 is 11.7 Å². The van der Waals surface area contributed by atoms with Gasteiger partial charge in [-0.25, -0.2) is 4.39 Å². The highest BCUT2D eigenvalue weighted by Crippen LogP contribution is 2.35. The number of benzene rings is 2. The highest BCUT2D eigenvalue weighted by Gasteiger charge is 2.37. The van der Waals surface area contributed by atoms with Gasteiger partial charge in [0.05, 0.1) is 17.8 Å². The predicted octanol–water partition coefficient (Wildman–Crippen LogP) is 3.17. The first-order chi connectivity index (χ1) is 9.99. The molecule has 4 heteroatoms. The topological polar surface area (TPSA) is 37.4 Å². The summed E-state index contributed by atoms with van der Waals surface area (Å²) in [6, 6.07) is 9.49. The van der Waals surface area contributed by atoms with Crippen molar-refractivity contribution in [1.29, 1.82) is 0 Å². The van der Waals surface area contributed by atoms with Crippen molar-refractivity contribution in [2.45, 2.75) is 20.4 Å². The molecule has 0 saturated carbocycles. The van der Waals surface area contributed by atoms with Gasteiger partial charge in [-0.1, -0.05) is 18.2 Å². The van der Waals surface area contributed by atoms with Gasteiger partial charge >= 0.3 is 0 Å². The lowest BCUT2D eigenvalue weighted by molar-refractivity contribution is -0.114. The monoisotopic (exact) mass is 283 g/mol. The number of halogens is 1. The number of amides is 1.